The van der Waals surface area contributed by atoms with Crippen molar-refractivity contribution in [2.24, 2.45) is 11.3 Å². The third-order valence-corrected chi connectivity index (χ3v) is 8.00. The van der Waals surface area contributed by atoms with Gasteiger partial charge in [0.25, 0.3) is 0 Å². The number of hydrogen-bond acceptors (Lipinski definition) is 6. The fraction of sp³-hybridized carbons (Fsp3) is 0.650. The molecule has 2 unspecified atom stereocenters. The summed E-state index contributed by atoms with van der Waals surface area (Å²) in [5, 5.41) is 0. The van der Waals surface area contributed by atoms with Crippen LogP contribution in [0.2, 0.25) is 0 Å². The van der Waals surface area contributed by atoms with Crippen LogP contribution < -0.4 is 0 Å². The normalized spacial score (nSPS) is 31.5. The van der Waals surface area contributed by atoms with Gasteiger partial charge in [0.15, 0.2) is 27.2 Å². The standard InChI is InChI=1S/C20H26O6S/c1-4-26-15-9-11-27(24,25)19-16(15)12(2)8-10-20(19,3)18(23)17-13(21)6-5-7-14(17)22/h8,15,17H,4-7,9-11H2,1-3H3. The largest absolute Gasteiger partial charge is 0.374 e. The molecule has 7 heteroatoms. The van der Waals surface area contributed by atoms with Gasteiger partial charge in [0.2, 0.25) is 0 Å². The number of hydrogen-bond donors (Lipinski definition) is 0. The average molecular weight is 394 g/mol. The Morgan fingerprint density at radius 2 is 1.89 bits per heavy atom. The molecule has 1 aliphatic heterocycles. The highest BCUT2D eigenvalue weighted by Crippen LogP contribution is 2.49. The summed E-state index contributed by atoms with van der Waals surface area (Å²) in [5.74, 6) is -2.79. The van der Waals surface area contributed by atoms with Crippen LogP contribution in [0.3, 0.4) is 0 Å². The Hall–Kier alpha value is -1.60. The number of sulfone groups is 1. The number of ether oxygens (including phenoxy) is 1. The molecule has 0 amide bonds. The lowest BCUT2D eigenvalue weighted by Crippen LogP contribution is -2.48. The molecule has 0 radical (unpaired) electrons. The van der Waals surface area contributed by atoms with Gasteiger partial charge in [0.1, 0.15) is 5.92 Å². The molecule has 3 rings (SSSR count). The van der Waals surface area contributed by atoms with Gasteiger partial charge in [-0.15, -0.1) is 0 Å². The minimum absolute atomic E-state index is 0.0656. The molecular weight excluding hydrogens is 368 g/mol. The predicted molar refractivity (Wildman–Crippen MR) is 99.7 cm³/mol. The fourth-order valence-corrected chi connectivity index (χ4v) is 6.78. The SMILES string of the molecule is CCOC1CCS(=O)(=O)C2=C1C(C)=CCC2(C)C(=O)C1C(=O)CCCC1=O. The predicted octanol–water partition coefficient (Wildman–Crippen LogP) is 2.33. The summed E-state index contributed by atoms with van der Waals surface area (Å²) in [4.78, 5) is 38.1. The summed E-state index contributed by atoms with van der Waals surface area (Å²) < 4.78 is 31.8. The van der Waals surface area contributed by atoms with E-state index in [4.69, 9.17) is 4.74 Å². The number of carbonyl (C=O) groups is 3. The van der Waals surface area contributed by atoms with E-state index in [0.717, 1.165) is 5.57 Å². The summed E-state index contributed by atoms with van der Waals surface area (Å²) in [7, 11) is -3.68. The molecule has 1 heterocycles. The summed E-state index contributed by atoms with van der Waals surface area (Å²) in [5.41, 5.74) is -0.0734. The molecule has 0 bridgehead atoms. The highest BCUT2D eigenvalue weighted by atomic mass is 32.2. The lowest BCUT2D eigenvalue weighted by Gasteiger charge is -2.41. The van der Waals surface area contributed by atoms with Gasteiger partial charge < -0.3 is 4.74 Å². The number of carbonyl (C=O) groups excluding carboxylic acids is 3. The van der Waals surface area contributed by atoms with Crippen LogP contribution in [0.5, 0.6) is 0 Å². The zero-order valence-corrected chi connectivity index (χ0v) is 16.9. The van der Waals surface area contributed by atoms with E-state index in [1.54, 1.807) is 6.92 Å². The molecule has 1 fully saturated rings. The third kappa shape index (κ3) is 3.25. The van der Waals surface area contributed by atoms with Gasteiger partial charge in [-0.05, 0) is 51.2 Å². The first kappa shape index (κ1) is 20.1. The van der Waals surface area contributed by atoms with Crippen LogP contribution in [0, 0.1) is 11.3 Å². The first-order valence-electron chi connectivity index (χ1n) is 9.49. The number of ketones is 3. The number of allylic oxidation sites excluding steroid dienone is 2. The van der Waals surface area contributed by atoms with E-state index in [0.29, 0.717) is 25.0 Å². The van der Waals surface area contributed by atoms with Gasteiger partial charge in [0, 0.05) is 19.4 Å². The van der Waals surface area contributed by atoms with E-state index >= 15 is 0 Å². The maximum atomic E-state index is 13.4. The van der Waals surface area contributed by atoms with E-state index in [1.807, 2.05) is 19.9 Å². The highest BCUT2D eigenvalue weighted by molar-refractivity contribution is 7.95. The van der Waals surface area contributed by atoms with Crippen molar-refractivity contribution in [3.63, 3.8) is 0 Å². The van der Waals surface area contributed by atoms with Gasteiger partial charge >= 0.3 is 0 Å². The van der Waals surface area contributed by atoms with Gasteiger partial charge in [-0.25, -0.2) is 8.42 Å². The summed E-state index contributed by atoms with van der Waals surface area (Å²) in [6.07, 6.45) is 2.78. The molecule has 0 saturated heterocycles. The molecule has 0 N–H and O–H groups in total. The van der Waals surface area contributed by atoms with E-state index in [9.17, 15) is 22.8 Å². The molecule has 0 aromatic rings. The Morgan fingerprint density at radius 1 is 1.26 bits per heavy atom. The Bertz CT molecular complexity index is 847. The van der Waals surface area contributed by atoms with Gasteiger partial charge in [-0.2, -0.15) is 0 Å². The maximum absolute atomic E-state index is 13.4. The second-order valence-electron chi connectivity index (χ2n) is 7.80. The molecule has 3 aliphatic rings. The Balaban J connectivity index is 2.16. The summed E-state index contributed by atoms with van der Waals surface area (Å²) >= 11 is 0. The fourth-order valence-electron chi connectivity index (χ4n) is 4.55. The number of Topliss-reactive ketones (excluding diaryl/α,β-unsaturated/α-hetero) is 3. The molecule has 0 aromatic heterocycles. The molecule has 2 aliphatic carbocycles. The van der Waals surface area contributed by atoms with E-state index in [2.05, 4.69) is 0 Å². The van der Waals surface area contributed by atoms with Crippen molar-refractivity contribution in [1.82, 2.24) is 0 Å². The summed E-state index contributed by atoms with van der Waals surface area (Å²) in [6.45, 7) is 5.66. The van der Waals surface area contributed by atoms with Crippen LogP contribution in [-0.2, 0) is 29.0 Å². The van der Waals surface area contributed by atoms with E-state index < -0.39 is 33.1 Å². The van der Waals surface area contributed by atoms with Crippen LogP contribution in [0.25, 0.3) is 0 Å². The third-order valence-electron chi connectivity index (χ3n) is 5.93. The van der Waals surface area contributed by atoms with Crippen molar-refractivity contribution in [3.8, 4) is 0 Å². The van der Waals surface area contributed by atoms with Crippen molar-refractivity contribution in [2.75, 3.05) is 12.4 Å². The minimum atomic E-state index is -3.68. The minimum Gasteiger partial charge on any atom is -0.374 e. The van der Waals surface area contributed by atoms with Crippen LogP contribution in [0.4, 0.5) is 0 Å². The van der Waals surface area contributed by atoms with Crippen molar-refractivity contribution in [2.45, 2.75) is 59.0 Å². The quantitative estimate of drug-likeness (QED) is 0.679. The average Bonchev–Trinajstić information content (AvgIpc) is 2.59. The molecule has 0 spiro atoms. The van der Waals surface area contributed by atoms with Crippen molar-refractivity contribution < 1.29 is 27.5 Å². The highest BCUT2D eigenvalue weighted by Gasteiger charge is 2.53. The maximum Gasteiger partial charge on any atom is 0.176 e. The van der Waals surface area contributed by atoms with Crippen LogP contribution in [-0.4, -0.2) is 44.2 Å². The molecule has 27 heavy (non-hydrogen) atoms. The zero-order chi connectivity index (χ0) is 20.0. The van der Waals surface area contributed by atoms with Crippen LogP contribution in [0.1, 0.15) is 52.9 Å². The smallest absolute Gasteiger partial charge is 0.176 e. The zero-order valence-electron chi connectivity index (χ0n) is 16.0. The Labute approximate surface area is 159 Å². The molecule has 1 saturated carbocycles. The van der Waals surface area contributed by atoms with Gasteiger partial charge in [0.05, 0.1) is 22.2 Å². The monoisotopic (exact) mass is 394 g/mol. The topological polar surface area (TPSA) is 94.6 Å². The van der Waals surface area contributed by atoms with E-state index in [-0.39, 0.29) is 41.5 Å². The first-order chi connectivity index (χ1) is 12.6. The molecule has 2 atom stereocenters. The first-order valence-corrected chi connectivity index (χ1v) is 11.1. The van der Waals surface area contributed by atoms with Crippen molar-refractivity contribution in [3.05, 3.63) is 22.1 Å². The number of rotatable bonds is 4. The molecule has 6 nitrogen and oxygen atoms in total. The molecular formula is C20H26O6S. The Morgan fingerprint density at radius 3 is 2.48 bits per heavy atom. The van der Waals surface area contributed by atoms with Crippen molar-refractivity contribution >= 4 is 27.2 Å². The van der Waals surface area contributed by atoms with Crippen LogP contribution >= 0.6 is 0 Å². The summed E-state index contributed by atoms with van der Waals surface area (Å²) in [6, 6.07) is 0. The van der Waals surface area contributed by atoms with Crippen LogP contribution in [0.15, 0.2) is 22.1 Å². The Kier molecular flexibility index (Phi) is 5.29. The molecule has 148 valence electrons. The van der Waals surface area contributed by atoms with E-state index in [1.165, 1.54) is 0 Å². The lowest BCUT2D eigenvalue weighted by atomic mass is 9.67. The second kappa shape index (κ2) is 7.09. The lowest BCUT2D eigenvalue weighted by molar-refractivity contribution is -0.145. The van der Waals surface area contributed by atoms with Gasteiger partial charge in [-0.3, -0.25) is 14.4 Å². The molecule has 0 aromatic carbocycles. The van der Waals surface area contributed by atoms with Crippen molar-refractivity contribution in [1.29, 1.82) is 0 Å². The second-order valence-corrected chi connectivity index (χ2v) is 9.85. The van der Waals surface area contributed by atoms with Gasteiger partial charge in [-0.1, -0.05) is 6.08 Å².